The lowest BCUT2D eigenvalue weighted by molar-refractivity contribution is -0.124. The number of nitrogens with zero attached hydrogens (tertiary/aromatic N) is 1. The van der Waals surface area contributed by atoms with Crippen molar-refractivity contribution in [2.45, 2.75) is 51.1 Å². The summed E-state index contributed by atoms with van der Waals surface area (Å²) in [5, 5.41) is 12.8. The van der Waals surface area contributed by atoms with Gasteiger partial charge >= 0.3 is 0 Å². The molecule has 3 fully saturated rings. The molecule has 2 saturated carbocycles. The summed E-state index contributed by atoms with van der Waals surface area (Å²) in [7, 11) is 0. The molecular formula is C15H26N2O2. The Kier molecular flexibility index (Phi) is 3.81. The predicted octanol–water partition coefficient (Wildman–Crippen LogP) is 0.994. The van der Waals surface area contributed by atoms with Crippen LogP contribution in [0.15, 0.2) is 0 Å². The Morgan fingerprint density at radius 3 is 2.79 bits per heavy atom. The predicted molar refractivity (Wildman–Crippen MR) is 73.6 cm³/mol. The third-order valence-electron chi connectivity index (χ3n) is 5.66. The number of rotatable bonds is 4. The number of hydrogen-bond acceptors (Lipinski definition) is 3. The van der Waals surface area contributed by atoms with Crippen molar-refractivity contribution < 1.29 is 9.90 Å². The molecule has 0 aromatic rings. The Hall–Kier alpha value is -0.610. The lowest BCUT2D eigenvalue weighted by Crippen LogP contribution is -2.49. The zero-order chi connectivity index (χ0) is 13.4. The Morgan fingerprint density at radius 1 is 1.32 bits per heavy atom. The minimum Gasteiger partial charge on any atom is -0.396 e. The second kappa shape index (κ2) is 5.41. The van der Waals surface area contributed by atoms with E-state index >= 15 is 0 Å². The van der Waals surface area contributed by atoms with Gasteiger partial charge in [0.1, 0.15) is 0 Å². The number of nitrogens with one attached hydrogen (secondary N) is 1. The molecule has 0 radical (unpaired) electrons. The maximum absolute atomic E-state index is 12.2. The van der Waals surface area contributed by atoms with E-state index in [2.05, 4.69) is 17.1 Å². The van der Waals surface area contributed by atoms with Crippen molar-refractivity contribution in [1.29, 1.82) is 0 Å². The number of aliphatic hydroxyl groups excluding tert-OH is 1. The van der Waals surface area contributed by atoms with Crippen LogP contribution in [0.5, 0.6) is 0 Å². The summed E-state index contributed by atoms with van der Waals surface area (Å²) in [5.41, 5.74) is 0. The fourth-order valence-electron chi connectivity index (χ4n) is 4.54. The number of fused-ring (bicyclic) bond motifs is 2. The zero-order valence-corrected chi connectivity index (χ0v) is 11.8. The highest BCUT2D eigenvalue weighted by Crippen LogP contribution is 2.48. The first-order valence-electron chi connectivity index (χ1n) is 7.83. The second-order valence-corrected chi connectivity index (χ2v) is 6.73. The first-order valence-corrected chi connectivity index (χ1v) is 7.83. The van der Waals surface area contributed by atoms with Crippen molar-refractivity contribution in [1.82, 2.24) is 10.2 Å². The van der Waals surface area contributed by atoms with Gasteiger partial charge in [0.25, 0.3) is 0 Å². The molecule has 3 rings (SSSR count). The monoisotopic (exact) mass is 266 g/mol. The molecule has 1 heterocycles. The average molecular weight is 266 g/mol. The summed E-state index contributed by atoms with van der Waals surface area (Å²) in [6.45, 7) is 4.02. The minimum atomic E-state index is 0.157. The maximum Gasteiger partial charge on any atom is 0.234 e. The van der Waals surface area contributed by atoms with E-state index in [9.17, 15) is 9.90 Å². The number of amides is 1. The third-order valence-corrected chi connectivity index (χ3v) is 5.66. The molecule has 1 saturated heterocycles. The number of carbonyl (C=O) groups excluding carboxylic acids is 1. The molecule has 1 aliphatic heterocycles. The molecule has 1 amide bonds. The molecule has 2 bridgehead atoms. The third kappa shape index (κ3) is 2.52. The molecule has 0 spiro atoms. The van der Waals surface area contributed by atoms with Crippen LogP contribution in [0.3, 0.4) is 0 Å². The van der Waals surface area contributed by atoms with Crippen molar-refractivity contribution in [2.75, 3.05) is 19.7 Å². The van der Waals surface area contributed by atoms with Gasteiger partial charge in [-0.1, -0.05) is 0 Å². The normalized spacial score (nSPS) is 41.9. The SMILES string of the molecule is CC1CCCN1CC(=O)NC1C2CCC(C2)C1CO. The van der Waals surface area contributed by atoms with Gasteiger partial charge < -0.3 is 10.4 Å². The molecule has 0 aromatic heterocycles. The van der Waals surface area contributed by atoms with Crippen LogP contribution >= 0.6 is 0 Å². The molecule has 5 atom stereocenters. The van der Waals surface area contributed by atoms with Crippen LogP contribution in [0.2, 0.25) is 0 Å². The number of likely N-dealkylation sites (tertiary alicyclic amines) is 1. The maximum atomic E-state index is 12.2. The molecule has 0 aromatic carbocycles. The summed E-state index contributed by atoms with van der Waals surface area (Å²) >= 11 is 0. The first kappa shape index (κ1) is 13.4. The molecular weight excluding hydrogens is 240 g/mol. The van der Waals surface area contributed by atoms with E-state index in [0.29, 0.717) is 30.3 Å². The van der Waals surface area contributed by atoms with Crippen molar-refractivity contribution in [3.63, 3.8) is 0 Å². The molecule has 2 N–H and O–H groups in total. The van der Waals surface area contributed by atoms with Gasteiger partial charge in [0, 0.05) is 24.6 Å². The van der Waals surface area contributed by atoms with Crippen molar-refractivity contribution in [3.8, 4) is 0 Å². The second-order valence-electron chi connectivity index (χ2n) is 6.73. The molecule has 2 aliphatic carbocycles. The molecule has 3 aliphatic rings. The van der Waals surface area contributed by atoms with Gasteiger partial charge in [0.05, 0.1) is 6.54 Å². The number of aliphatic hydroxyl groups is 1. The molecule has 4 nitrogen and oxygen atoms in total. The lowest BCUT2D eigenvalue weighted by Gasteiger charge is -2.31. The molecule has 4 heteroatoms. The summed E-state index contributed by atoms with van der Waals surface area (Å²) in [6.07, 6.45) is 6.09. The fraction of sp³-hybridized carbons (Fsp3) is 0.933. The van der Waals surface area contributed by atoms with E-state index in [1.54, 1.807) is 0 Å². The zero-order valence-electron chi connectivity index (χ0n) is 11.8. The topological polar surface area (TPSA) is 52.6 Å². The average Bonchev–Trinajstić information content (AvgIpc) is 3.06. The minimum absolute atomic E-state index is 0.157. The van der Waals surface area contributed by atoms with E-state index in [1.807, 2.05) is 0 Å². The summed E-state index contributed by atoms with van der Waals surface area (Å²) in [5.74, 6) is 1.72. The van der Waals surface area contributed by atoms with Gasteiger partial charge in [-0.25, -0.2) is 0 Å². The Balaban J connectivity index is 1.54. The largest absolute Gasteiger partial charge is 0.396 e. The van der Waals surface area contributed by atoms with Crippen LogP contribution in [0.25, 0.3) is 0 Å². The van der Waals surface area contributed by atoms with Crippen molar-refractivity contribution in [3.05, 3.63) is 0 Å². The van der Waals surface area contributed by atoms with Crippen molar-refractivity contribution in [2.24, 2.45) is 17.8 Å². The highest BCUT2D eigenvalue weighted by Gasteiger charge is 2.47. The standard InChI is InChI=1S/C15H26N2O2/c1-10-3-2-6-17(10)8-14(19)16-15-12-5-4-11(7-12)13(15)9-18/h10-13,15,18H,2-9H2,1H3,(H,16,19). The smallest absolute Gasteiger partial charge is 0.234 e. The van der Waals surface area contributed by atoms with E-state index in [1.165, 1.54) is 32.1 Å². The number of hydrogen-bond donors (Lipinski definition) is 2. The van der Waals surface area contributed by atoms with Crippen LogP contribution in [0.1, 0.15) is 39.0 Å². The Morgan fingerprint density at radius 2 is 2.11 bits per heavy atom. The van der Waals surface area contributed by atoms with Gasteiger partial charge in [-0.15, -0.1) is 0 Å². The first-order chi connectivity index (χ1) is 9.19. The van der Waals surface area contributed by atoms with Crippen LogP contribution in [0.4, 0.5) is 0 Å². The van der Waals surface area contributed by atoms with Crippen LogP contribution < -0.4 is 5.32 Å². The van der Waals surface area contributed by atoms with Gasteiger partial charge in [-0.05, 0) is 57.4 Å². The fourth-order valence-corrected chi connectivity index (χ4v) is 4.54. The van der Waals surface area contributed by atoms with E-state index < -0.39 is 0 Å². The summed E-state index contributed by atoms with van der Waals surface area (Å²) < 4.78 is 0. The Bertz CT molecular complexity index is 347. The van der Waals surface area contributed by atoms with Gasteiger partial charge in [-0.3, -0.25) is 9.69 Å². The quantitative estimate of drug-likeness (QED) is 0.798. The summed E-state index contributed by atoms with van der Waals surface area (Å²) in [4.78, 5) is 14.5. The summed E-state index contributed by atoms with van der Waals surface area (Å²) in [6, 6.07) is 0.772. The highest BCUT2D eigenvalue weighted by atomic mass is 16.3. The Labute approximate surface area is 115 Å². The van der Waals surface area contributed by atoms with Crippen molar-refractivity contribution >= 4 is 5.91 Å². The van der Waals surface area contributed by atoms with Crippen LogP contribution in [-0.4, -0.2) is 47.7 Å². The number of carbonyl (C=O) groups is 1. The van der Waals surface area contributed by atoms with E-state index in [0.717, 1.165) is 6.54 Å². The van der Waals surface area contributed by atoms with E-state index in [-0.39, 0.29) is 18.6 Å². The highest BCUT2D eigenvalue weighted by molar-refractivity contribution is 5.78. The van der Waals surface area contributed by atoms with E-state index in [4.69, 9.17) is 0 Å². The van der Waals surface area contributed by atoms with Crippen LogP contribution in [0, 0.1) is 17.8 Å². The molecule has 19 heavy (non-hydrogen) atoms. The van der Waals surface area contributed by atoms with Gasteiger partial charge in [0.15, 0.2) is 0 Å². The molecule has 108 valence electrons. The van der Waals surface area contributed by atoms with Gasteiger partial charge in [0.2, 0.25) is 5.91 Å². The van der Waals surface area contributed by atoms with Gasteiger partial charge in [-0.2, -0.15) is 0 Å². The van der Waals surface area contributed by atoms with Crippen LogP contribution in [-0.2, 0) is 4.79 Å². The molecule has 5 unspecified atom stereocenters. The lowest BCUT2D eigenvalue weighted by atomic mass is 9.85.